The summed E-state index contributed by atoms with van der Waals surface area (Å²) in [6, 6.07) is 0. The number of hydrogen-bond acceptors (Lipinski definition) is 4. The zero-order valence-corrected chi connectivity index (χ0v) is 12.8. The Hall–Kier alpha value is -1.69. The Labute approximate surface area is 120 Å². The maximum absolute atomic E-state index is 4.41. The summed E-state index contributed by atoms with van der Waals surface area (Å²) in [5.41, 5.74) is 1.18. The van der Waals surface area contributed by atoms with Crippen molar-refractivity contribution in [3.05, 3.63) is 29.9 Å². The molecule has 2 rings (SSSR count). The Morgan fingerprint density at radius 1 is 1.30 bits per heavy atom. The highest BCUT2D eigenvalue weighted by molar-refractivity contribution is 5.07. The third-order valence-electron chi connectivity index (χ3n) is 3.23. The van der Waals surface area contributed by atoms with Crippen LogP contribution in [0.15, 0.2) is 12.5 Å². The van der Waals surface area contributed by atoms with Gasteiger partial charge < -0.3 is 9.88 Å². The Morgan fingerprint density at radius 2 is 2.10 bits per heavy atom. The lowest BCUT2D eigenvalue weighted by atomic mass is 10.2. The minimum atomic E-state index is 0.556. The molecule has 2 heterocycles. The van der Waals surface area contributed by atoms with Crippen molar-refractivity contribution in [2.45, 2.75) is 47.3 Å². The second kappa shape index (κ2) is 6.65. The number of nitrogens with one attached hydrogen (secondary N) is 1. The summed E-state index contributed by atoms with van der Waals surface area (Å²) in [7, 11) is 0. The molecule has 0 aliphatic carbocycles. The molecule has 0 saturated heterocycles. The van der Waals surface area contributed by atoms with E-state index >= 15 is 0 Å². The topological polar surface area (TPSA) is 60.6 Å². The van der Waals surface area contributed by atoms with Crippen LogP contribution in [-0.2, 0) is 19.6 Å². The molecule has 2 aromatic rings. The molecule has 0 fully saturated rings. The van der Waals surface area contributed by atoms with Crippen LogP contribution < -0.4 is 5.32 Å². The van der Waals surface area contributed by atoms with Crippen LogP contribution in [0.2, 0.25) is 0 Å². The summed E-state index contributed by atoms with van der Waals surface area (Å²) in [6.45, 7) is 11.9. The first-order valence-electron chi connectivity index (χ1n) is 7.20. The molecule has 0 saturated carbocycles. The largest absolute Gasteiger partial charge is 0.323 e. The predicted octanol–water partition coefficient (Wildman–Crippen LogP) is 1.60. The Bertz CT molecular complexity index is 540. The van der Waals surface area contributed by atoms with Crippen LogP contribution in [0.4, 0.5) is 0 Å². The van der Waals surface area contributed by atoms with E-state index in [1.54, 1.807) is 6.33 Å². The number of aromatic nitrogens is 5. The van der Waals surface area contributed by atoms with E-state index in [-0.39, 0.29) is 0 Å². The molecule has 6 nitrogen and oxygen atoms in total. The van der Waals surface area contributed by atoms with Crippen LogP contribution >= 0.6 is 0 Å². The van der Waals surface area contributed by atoms with Gasteiger partial charge in [0.25, 0.3) is 0 Å². The normalized spacial score (nSPS) is 11.4. The standard InChI is InChI=1S/C14H24N6/c1-5-15-6-13-7-16-12(4)19(13)9-14-17-10-18-20(14)8-11(2)3/h7,10-11,15H,5-6,8-9H2,1-4H3. The Morgan fingerprint density at radius 3 is 2.80 bits per heavy atom. The molecule has 0 atom stereocenters. The zero-order chi connectivity index (χ0) is 14.5. The van der Waals surface area contributed by atoms with Crippen molar-refractivity contribution in [2.75, 3.05) is 6.54 Å². The molecule has 0 aromatic carbocycles. The SMILES string of the molecule is CCNCc1cnc(C)n1Cc1ncnn1CC(C)C. The van der Waals surface area contributed by atoms with Crippen LogP contribution in [0.25, 0.3) is 0 Å². The molecule has 0 bridgehead atoms. The fourth-order valence-electron chi connectivity index (χ4n) is 2.18. The van der Waals surface area contributed by atoms with E-state index in [4.69, 9.17) is 0 Å². The van der Waals surface area contributed by atoms with Crippen LogP contribution in [0.3, 0.4) is 0 Å². The number of nitrogens with zero attached hydrogens (tertiary/aromatic N) is 5. The summed E-state index contributed by atoms with van der Waals surface area (Å²) in [5.74, 6) is 2.55. The lowest BCUT2D eigenvalue weighted by Crippen LogP contribution is -2.19. The van der Waals surface area contributed by atoms with Gasteiger partial charge in [-0.2, -0.15) is 5.10 Å². The van der Waals surface area contributed by atoms with Crippen molar-refractivity contribution < 1.29 is 0 Å². The van der Waals surface area contributed by atoms with E-state index in [1.807, 2.05) is 17.8 Å². The molecule has 0 spiro atoms. The van der Waals surface area contributed by atoms with E-state index in [1.165, 1.54) is 5.69 Å². The van der Waals surface area contributed by atoms with E-state index in [9.17, 15) is 0 Å². The van der Waals surface area contributed by atoms with Gasteiger partial charge in [-0.05, 0) is 19.4 Å². The van der Waals surface area contributed by atoms with Gasteiger partial charge in [-0.1, -0.05) is 20.8 Å². The van der Waals surface area contributed by atoms with E-state index < -0.39 is 0 Å². The molecule has 0 radical (unpaired) electrons. The second-order valence-electron chi connectivity index (χ2n) is 5.42. The van der Waals surface area contributed by atoms with Crippen molar-refractivity contribution in [1.29, 1.82) is 0 Å². The van der Waals surface area contributed by atoms with E-state index in [0.717, 1.165) is 37.8 Å². The quantitative estimate of drug-likeness (QED) is 0.834. The first-order valence-corrected chi connectivity index (χ1v) is 7.20. The van der Waals surface area contributed by atoms with Crippen molar-refractivity contribution in [2.24, 2.45) is 5.92 Å². The van der Waals surface area contributed by atoms with Crippen molar-refractivity contribution in [3.8, 4) is 0 Å². The average Bonchev–Trinajstić information content (AvgIpc) is 2.96. The first-order chi connectivity index (χ1) is 9.61. The summed E-state index contributed by atoms with van der Waals surface area (Å²) in [5, 5.41) is 7.66. The highest BCUT2D eigenvalue weighted by Gasteiger charge is 2.11. The summed E-state index contributed by atoms with van der Waals surface area (Å²) in [6.07, 6.45) is 3.56. The van der Waals surface area contributed by atoms with Gasteiger partial charge in [-0.25, -0.2) is 14.6 Å². The van der Waals surface area contributed by atoms with Gasteiger partial charge in [-0.15, -0.1) is 0 Å². The van der Waals surface area contributed by atoms with Crippen molar-refractivity contribution >= 4 is 0 Å². The van der Waals surface area contributed by atoms with Crippen LogP contribution in [0.1, 0.15) is 38.1 Å². The van der Waals surface area contributed by atoms with Gasteiger partial charge in [-0.3, -0.25) is 0 Å². The first kappa shape index (κ1) is 14.7. The van der Waals surface area contributed by atoms with Crippen molar-refractivity contribution in [1.82, 2.24) is 29.6 Å². The lowest BCUT2D eigenvalue weighted by molar-refractivity contribution is 0.458. The molecule has 2 aromatic heterocycles. The lowest BCUT2D eigenvalue weighted by Gasteiger charge is -2.12. The van der Waals surface area contributed by atoms with Crippen LogP contribution in [0.5, 0.6) is 0 Å². The molecule has 6 heteroatoms. The Balaban J connectivity index is 2.17. The summed E-state index contributed by atoms with van der Waals surface area (Å²) >= 11 is 0. The average molecular weight is 276 g/mol. The highest BCUT2D eigenvalue weighted by Crippen LogP contribution is 2.09. The minimum absolute atomic E-state index is 0.556. The number of hydrogen-bond donors (Lipinski definition) is 1. The Kier molecular flexibility index (Phi) is 4.89. The van der Waals surface area contributed by atoms with Gasteiger partial charge in [0.15, 0.2) is 0 Å². The van der Waals surface area contributed by atoms with Gasteiger partial charge in [0, 0.05) is 19.3 Å². The fourth-order valence-corrected chi connectivity index (χ4v) is 2.18. The van der Waals surface area contributed by atoms with E-state index in [0.29, 0.717) is 5.92 Å². The molecular formula is C14H24N6. The third-order valence-corrected chi connectivity index (χ3v) is 3.23. The molecule has 20 heavy (non-hydrogen) atoms. The predicted molar refractivity (Wildman–Crippen MR) is 78.3 cm³/mol. The second-order valence-corrected chi connectivity index (χ2v) is 5.42. The number of aryl methyl sites for hydroxylation is 1. The molecule has 0 unspecified atom stereocenters. The zero-order valence-electron chi connectivity index (χ0n) is 12.8. The monoisotopic (exact) mass is 276 g/mol. The number of imidazole rings is 1. The molecule has 0 amide bonds. The van der Waals surface area contributed by atoms with Crippen LogP contribution in [-0.4, -0.2) is 30.9 Å². The fraction of sp³-hybridized carbons (Fsp3) is 0.643. The molecule has 0 aliphatic heterocycles. The molecule has 1 N–H and O–H groups in total. The minimum Gasteiger partial charge on any atom is -0.323 e. The van der Waals surface area contributed by atoms with Gasteiger partial charge in [0.2, 0.25) is 0 Å². The smallest absolute Gasteiger partial charge is 0.146 e. The maximum Gasteiger partial charge on any atom is 0.146 e. The van der Waals surface area contributed by atoms with Crippen LogP contribution in [0, 0.1) is 12.8 Å². The maximum atomic E-state index is 4.41. The van der Waals surface area contributed by atoms with Gasteiger partial charge in [0.1, 0.15) is 18.0 Å². The number of rotatable bonds is 7. The van der Waals surface area contributed by atoms with Gasteiger partial charge in [0.05, 0.1) is 12.2 Å². The molecular weight excluding hydrogens is 252 g/mol. The van der Waals surface area contributed by atoms with E-state index in [2.05, 4.69) is 45.7 Å². The third kappa shape index (κ3) is 3.45. The van der Waals surface area contributed by atoms with Crippen molar-refractivity contribution in [3.63, 3.8) is 0 Å². The van der Waals surface area contributed by atoms with Gasteiger partial charge >= 0.3 is 0 Å². The summed E-state index contributed by atoms with van der Waals surface area (Å²) in [4.78, 5) is 8.80. The highest BCUT2D eigenvalue weighted by atomic mass is 15.3. The molecule has 110 valence electrons. The molecule has 0 aliphatic rings. The summed E-state index contributed by atoms with van der Waals surface area (Å²) < 4.78 is 4.19.